The minimum Gasteiger partial charge on any atom is -0.455 e. The minimum atomic E-state index is -0.542. The molecule has 15 heavy (non-hydrogen) atoms. The predicted molar refractivity (Wildman–Crippen MR) is 57.7 cm³/mol. The van der Waals surface area contributed by atoms with Gasteiger partial charge in [0.1, 0.15) is 5.75 Å². The van der Waals surface area contributed by atoms with Crippen molar-refractivity contribution in [3.63, 3.8) is 0 Å². The smallest absolute Gasteiger partial charge is 0.308 e. The molecule has 0 bridgehead atoms. The molecule has 0 amide bonds. The number of esters is 1. The van der Waals surface area contributed by atoms with Crippen molar-refractivity contribution in [3.05, 3.63) is 29.8 Å². The first-order valence-electron chi connectivity index (χ1n) is 5.04. The summed E-state index contributed by atoms with van der Waals surface area (Å²) in [6.45, 7) is 5.46. The summed E-state index contributed by atoms with van der Waals surface area (Å²) in [4.78, 5) is 11.0. The molecule has 0 heterocycles. The SMILES string of the molecule is CCC(=O)OC(C)Oc1ccc(C)cc1. The molecule has 3 heteroatoms. The molecule has 3 nitrogen and oxygen atoms in total. The van der Waals surface area contributed by atoms with Gasteiger partial charge in [-0.3, -0.25) is 4.79 Å². The van der Waals surface area contributed by atoms with Crippen LogP contribution in [0.5, 0.6) is 5.75 Å². The third-order valence-corrected chi connectivity index (χ3v) is 1.91. The van der Waals surface area contributed by atoms with Crippen LogP contribution in [0.4, 0.5) is 0 Å². The lowest BCUT2D eigenvalue weighted by Gasteiger charge is -2.14. The molecule has 1 aromatic carbocycles. The van der Waals surface area contributed by atoms with Crippen molar-refractivity contribution >= 4 is 5.97 Å². The zero-order valence-electron chi connectivity index (χ0n) is 9.32. The van der Waals surface area contributed by atoms with E-state index in [1.807, 2.05) is 31.2 Å². The summed E-state index contributed by atoms with van der Waals surface area (Å²) in [6.07, 6.45) is -0.179. The van der Waals surface area contributed by atoms with E-state index in [1.165, 1.54) is 5.56 Å². The van der Waals surface area contributed by atoms with E-state index < -0.39 is 6.29 Å². The van der Waals surface area contributed by atoms with Crippen LogP contribution in [-0.2, 0) is 9.53 Å². The number of carbonyl (C=O) groups excluding carboxylic acids is 1. The van der Waals surface area contributed by atoms with Crippen molar-refractivity contribution in [1.82, 2.24) is 0 Å². The zero-order valence-corrected chi connectivity index (χ0v) is 9.32. The molecule has 1 atom stereocenters. The lowest BCUT2D eigenvalue weighted by atomic mass is 10.2. The van der Waals surface area contributed by atoms with E-state index in [9.17, 15) is 4.79 Å². The van der Waals surface area contributed by atoms with Gasteiger partial charge in [0.2, 0.25) is 6.29 Å². The number of benzene rings is 1. The van der Waals surface area contributed by atoms with E-state index in [-0.39, 0.29) is 5.97 Å². The van der Waals surface area contributed by atoms with Gasteiger partial charge in [-0.05, 0) is 19.1 Å². The molecule has 0 radical (unpaired) electrons. The van der Waals surface area contributed by atoms with Gasteiger partial charge in [0.15, 0.2) is 0 Å². The number of hydrogen-bond acceptors (Lipinski definition) is 3. The molecule has 0 fully saturated rings. The van der Waals surface area contributed by atoms with Crippen LogP contribution in [0.1, 0.15) is 25.8 Å². The minimum absolute atomic E-state index is 0.255. The molecular weight excluding hydrogens is 192 g/mol. The van der Waals surface area contributed by atoms with Gasteiger partial charge in [0.25, 0.3) is 0 Å². The Labute approximate surface area is 90.0 Å². The number of rotatable bonds is 4. The van der Waals surface area contributed by atoms with Crippen molar-refractivity contribution < 1.29 is 14.3 Å². The van der Waals surface area contributed by atoms with Gasteiger partial charge in [-0.15, -0.1) is 0 Å². The van der Waals surface area contributed by atoms with Crippen molar-refractivity contribution in [2.45, 2.75) is 33.5 Å². The molecule has 1 rings (SSSR count). The van der Waals surface area contributed by atoms with Crippen LogP contribution < -0.4 is 4.74 Å². The molecule has 1 aromatic rings. The number of ether oxygens (including phenoxy) is 2. The molecule has 0 aromatic heterocycles. The van der Waals surface area contributed by atoms with Crippen LogP contribution in [0.3, 0.4) is 0 Å². The Hall–Kier alpha value is -1.51. The van der Waals surface area contributed by atoms with Crippen LogP contribution in [-0.4, -0.2) is 12.3 Å². The lowest BCUT2D eigenvalue weighted by Crippen LogP contribution is -2.20. The molecule has 0 aliphatic heterocycles. The van der Waals surface area contributed by atoms with Crippen LogP contribution in [0, 0.1) is 6.92 Å². The number of carbonyl (C=O) groups is 1. The Morgan fingerprint density at radius 1 is 1.33 bits per heavy atom. The lowest BCUT2D eigenvalue weighted by molar-refractivity contribution is -0.160. The van der Waals surface area contributed by atoms with E-state index in [0.29, 0.717) is 12.2 Å². The highest BCUT2D eigenvalue weighted by Gasteiger charge is 2.08. The molecule has 0 aliphatic carbocycles. The molecule has 0 saturated heterocycles. The van der Waals surface area contributed by atoms with Gasteiger partial charge in [-0.2, -0.15) is 0 Å². The Morgan fingerprint density at radius 3 is 2.47 bits per heavy atom. The second-order valence-corrected chi connectivity index (χ2v) is 3.34. The van der Waals surface area contributed by atoms with Crippen molar-refractivity contribution in [2.24, 2.45) is 0 Å². The number of aryl methyl sites for hydroxylation is 1. The van der Waals surface area contributed by atoms with Gasteiger partial charge in [-0.1, -0.05) is 24.6 Å². The maximum Gasteiger partial charge on any atom is 0.308 e. The van der Waals surface area contributed by atoms with Crippen LogP contribution >= 0.6 is 0 Å². The first kappa shape index (κ1) is 11.6. The monoisotopic (exact) mass is 208 g/mol. The summed E-state index contributed by atoms with van der Waals surface area (Å²) in [7, 11) is 0. The van der Waals surface area contributed by atoms with Crippen LogP contribution in [0.25, 0.3) is 0 Å². The molecule has 1 unspecified atom stereocenters. The normalized spacial score (nSPS) is 11.9. The molecule has 0 saturated carbocycles. The molecule has 0 N–H and O–H groups in total. The third kappa shape index (κ3) is 4.02. The van der Waals surface area contributed by atoms with Gasteiger partial charge < -0.3 is 9.47 Å². The van der Waals surface area contributed by atoms with Crippen LogP contribution in [0.15, 0.2) is 24.3 Å². The van der Waals surface area contributed by atoms with E-state index in [1.54, 1.807) is 13.8 Å². The molecule has 0 aliphatic rings. The summed E-state index contributed by atoms with van der Waals surface area (Å²) < 4.78 is 10.4. The Kier molecular flexibility index (Phi) is 4.16. The van der Waals surface area contributed by atoms with E-state index >= 15 is 0 Å². The average Bonchev–Trinajstić information content (AvgIpc) is 2.21. The Morgan fingerprint density at radius 2 is 1.93 bits per heavy atom. The molecular formula is C12H16O3. The Balaban J connectivity index is 2.47. The summed E-state index contributed by atoms with van der Waals surface area (Å²) in [5.41, 5.74) is 1.17. The fourth-order valence-corrected chi connectivity index (χ4v) is 1.10. The quantitative estimate of drug-likeness (QED) is 0.563. The first-order chi connectivity index (χ1) is 7.11. The van der Waals surface area contributed by atoms with E-state index in [4.69, 9.17) is 9.47 Å². The Bertz CT molecular complexity index is 316. The zero-order chi connectivity index (χ0) is 11.3. The highest BCUT2D eigenvalue weighted by molar-refractivity contribution is 5.68. The summed E-state index contributed by atoms with van der Waals surface area (Å²) in [5, 5.41) is 0. The second-order valence-electron chi connectivity index (χ2n) is 3.34. The summed E-state index contributed by atoms with van der Waals surface area (Å²) in [6, 6.07) is 7.60. The molecule has 82 valence electrons. The summed E-state index contributed by atoms with van der Waals surface area (Å²) >= 11 is 0. The predicted octanol–water partition coefficient (Wildman–Crippen LogP) is 2.67. The molecule has 0 spiro atoms. The maximum atomic E-state index is 11.0. The van der Waals surface area contributed by atoms with Gasteiger partial charge in [-0.25, -0.2) is 0 Å². The third-order valence-electron chi connectivity index (χ3n) is 1.91. The van der Waals surface area contributed by atoms with Crippen molar-refractivity contribution in [1.29, 1.82) is 0 Å². The van der Waals surface area contributed by atoms with E-state index in [2.05, 4.69) is 0 Å². The average molecular weight is 208 g/mol. The van der Waals surface area contributed by atoms with Gasteiger partial charge in [0.05, 0.1) is 0 Å². The topological polar surface area (TPSA) is 35.5 Å². The standard InChI is InChI=1S/C12H16O3/c1-4-12(13)15-10(3)14-11-7-5-9(2)6-8-11/h5-8,10H,4H2,1-3H3. The first-order valence-corrected chi connectivity index (χ1v) is 5.04. The largest absolute Gasteiger partial charge is 0.455 e. The fourth-order valence-electron chi connectivity index (χ4n) is 1.10. The highest BCUT2D eigenvalue weighted by Crippen LogP contribution is 2.13. The van der Waals surface area contributed by atoms with E-state index in [0.717, 1.165) is 0 Å². The van der Waals surface area contributed by atoms with Crippen molar-refractivity contribution in [3.8, 4) is 5.75 Å². The number of hydrogen-bond donors (Lipinski definition) is 0. The summed E-state index contributed by atoms with van der Waals surface area (Å²) in [5.74, 6) is 0.451. The maximum absolute atomic E-state index is 11.0. The highest BCUT2D eigenvalue weighted by atomic mass is 16.7. The second kappa shape index (κ2) is 5.39. The van der Waals surface area contributed by atoms with Gasteiger partial charge in [0, 0.05) is 13.3 Å². The van der Waals surface area contributed by atoms with Crippen LogP contribution in [0.2, 0.25) is 0 Å². The van der Waals surface area contributed by atoms with Gasteiger partial charge >= 0.3 is 5.97 Å². The van der Waals surface area contributed by atoms with Crippen molar-refractivity contribution in [2.75, 3.05) is 0 Å². The fraction of sp³-hybridized carbons (Fsp3) is 0.417.